The second kappa shape index (κ2) is 10.3. The molecule has 0 fully saturated rings. The minimum absolute atomic E-state index is 0.147. The summed E-state index contributed by atoms with van der Waals surface area (Å²) in [4.78, 5) is 37.8. The first kappa shape index (κ1) is 25.9. The Morgan fingerprint density at radius 1 is 1.14 bits per heavy atom. The van der Waals surface area contributed by atoms with E-state index in [1.807, 2.05) is 0 Å². The van der Waals surface area contributed by atoms with E-state index in [2.05, 4.69) is 5.32 Å². The van der Waals surface area contributed by atoms with E-state index in [0.29, 0.717) is 17.7 Å². The van der Waals surface area contributed by atoms with Crippen molar-refractivity contribution < 1.29 is 37.4 Å². The van der Waals surface area contributed by atoms with Crippen LogP contribution in [0.5, 0.6) is 5.75 Å². The molecule has 1 aliphatic heterocycles. The number of fused-ring (bicyclic) bond motifs is 1. The lowest BCUT2D eigenvalue weighted by Crippen LogP contribution is -2.46. The van der Waals surface area contributed by atoms with E-state index in [1.165, 1.54) is 18.9 Å². The summed E-state index contributed by atoms with van der Waals surface area (Å²) in [6.45, 7) is 6.20. The van der Waals surface area contributed by atoms with Crippen LogP contribution in [-0.4, -0.2) is 42.1 Å². The molecule has 0 aromatic heterocycles. The van der Waals surface area contributed by atoms with Gasteiger partial charge in [-0.05, 0) is 62.6 Å². The van der Waals surface area contributed by atoms with Gasteiger partial charge >= 0.3 is 12.1 Å². The first-order chi connectivity index (χ1) is 16.4. The summed E-state index contributed by atoms with van der Waals surface area (Å²) in [6.07, 6.45) is -0.233. The topological polar surface area (TPSA) is 94.2 Å². The van der Waals surface area contributed by atoms with Gasteiger partial charge in [-0.1, -0.05) is 6.07 Å². The Balaban J connectivity index is 1.84. The van der Waals surface area contributed by atoms with Gasteiger partial charge in [0.05, 0.1) is 18.4 Å². The molecule has 10 heteroatoms. The molecule has 0 spiro atoms. The quantitative estimate of drug-likeness (QED) is 0.620. The predicted molar refractivity (Wildman–Crippen MR) is 123 cm³/mol. The third-order valence-electron chi connectivity index (χ3n) is 5.28. The third kappa shape index (κ3) is 6.06. The number of ether oxygens (including phenoxy) is 3. The van der Waals surface area contributed by atoms with E-state index in [-0.39, 0.29) is 17.8 Å². The molecule has 2 aromatic rings. The molecule has 0 unspecified atom stereocenters. The summed E-state index contributed by atoms with van der Waals surface area (Å²) in [5, 5.41) is 2.31. The van der Waals surface area contributed by atoms with Crippen LogP contribution in [0.15, 0.2) is 30.3 Å². The first-order valence-electron chi connectivity index (χ1n) is 11.0. The van der Waals surface area contributed by atoms with E-state index < -0.39 is 47.9 Å². The number of methoxy groups -OCH3 is 1. The zero-order chi connectivity index (χ0) is 25.9. The first-order valence-corrected chi connectivity index (χ1v) is 11.0. The average Bonchev–Trinajstić information content (AvgIpc) is 2.78. The van der Waals surface area contributed by atoms with Crippen molar-refractivity contribution in [2.45, 2.75) is 52.4 Å². The molecule has 1 atom stereocenters. The SMILES string of the molecule is COC(=O)[C@H]1c2ccc(OCc3c(F)ccc(NC(C)=O)c3F)cc2CCN1C(=O)OC(C)(C)C. The summed E-state index contributed by atoms with van der Waals surface area (Å²) < 4.78 is 44.9. The van der Waals surface area contributed by atoms with E-state index in [9.17, 15) is 23.2 Å². The second-order valence-corrected chi connectivity index (χ2v) is 9.07. The normalized spacial score (nSPS) is 15.2. The van der Waals surface area contributed by atoms with Crippen LogP contribution >= 0.6 is 0 Å². The number of benzene rings is 2. The number of carbonyl (C=O) groups excluding carboxylic acids is 3. The lowest BCUT2D eigenvalue weighted by Gasteiger charge is -2.36. The van der Waals surface area contributed by atoms with Crippen molar-refractivity contribution in [1.29, 1.82) is 0 Å². The van der Waals surface area contributed by atoms with Gasteiger partial charge in [0.1, 0.15) is 23.8 Å². The van der Waals surface area contributed by atoms with Crippen LogP contribution in [0.2, 0.25) is 0 Å². The maximum absolute atomic E-state index is 14.6. The van der Waals surface area contributed by atoms with Crippen molar-refractivity contribution >= 4 is 23.7 Å². The Kier molecular flexibility index (Phi) is 7.62. The van der Waals surface area contributed by atoms with E-state index >= 15 is 0 Å². The molecule has 1 heterocycles. The van der Waals surface area contributed by atoms with Gasteiger partial charge in [-0.2, -0.15) is 0 Å². The molecule has 0 saturated heterocycles. The number of esters is 1. The number of nitrogens with zero attached hydrogens (tertiary/aromatic N) is 1. The molecule has 1 aliphatic rings. The van der Waals surface area contributed by atoms with Crippen molar-refractivity contribution in [1.82, 2.24) is 4.90 Å². The highest BCUT2D eigenvalue weighted by molar-refractivity contribution is 5.89. The van der Waals surface area contributed by atoms with Crippen molar-refractivity contribution in [3.05, 3.63) is 58.7 Å². The highest BCUT2D eigenvalue weighted by Gasteiger charge is 2.39. The molecule has 8 nitrogen and oxygen atoms in total. The van der Waals surface area contributed by atoms with Gasteiger partial charge in [0.15, 0.2) is 11.9 Å². The minimum atomic E-state index is -1.00. The van der Waals surface area contributed by atoms with Crippen LogP contribution in [0.4, 0.5) is 19.3 Å². The monoisotopic (exact) mass is 490 g/mol. The Labute approximate surface area is 202 Å². The number of nitrogens with one attached hydrogen (secondary N) is 1. The summed E-state index contributed by atoms with van der Waals surface area (Å²) in [7, 11) is 1.24. The highest BCUT2D eigenvalue weighted by atomic mass is 19.1. The number of amides is 2. The van der Waals surface area contributed by atoms with Gasteiger partial charge in [0.25, 0.3) is 0 Å². The summed E-state index contributed by atoms with van der Waals surface area (Å²) in [5.41, 5.74) is 0.0536. The fourth-order valence-corrected chi connectivity index (χ4v) is 3.75. The molecule has 188 valence electrons. The summed E-state index contributed by atoms with van der Waals surface area (Å²) in [6, 6.07) is 6.00. The van der Waals surface area contributed by atoms with Crippen LogP contribution in [-0.2, 0) is 32.1 Å². The van der Waals surface area contributed by atoms with Crippen LogP contribution in [0.3, 0.4) is 0 Å². The number of carbonyl (C=O) groups is 3. The lowest BCUT2D eigenvalue weighted by atomic mass is 9.92. The summed E-state index contributed by atoms with van der Waals surface area (Å²) >= 11 is 0. The Morgan fingerprint density at radius 3 is 2.49 bits per heavy atom. The average molecular weight is 491 g/mol. The molecule has 0 bridgehead atoms. The zero-order valence-electron chi connectivity index (χ0n) is 20.2. The number of anilines is 1. The standard InChI is InChI=1S/C25H28F2N2O6/c1-14(30)28-20-9-8-19(26)18(21(20)27)13-34-16-6-7-17-15(12-16)10-11-29(22(17)23(31)33-5)24(32)35-25(2,3)4/h6-9,12,22H,10-11,13H2,1-5H3,(H,28,30)/t22-/m1/s1. The number of rotatable bonds is 5. The molecular weight excluding hydrogens is 462 g/mol. The van der Waals surface area contributed by atoms with Crippen LogP contribution < -0.4 is 10.1 Å². The molecule has 0 saturated carbocycles. The fourth-order valence-electron chi connectivity index (χ4n) is 3.75. The van der Waals surface area contributed by atoms with Crippen LogP contribution in [0.25, 0.3) is 0 Å². The highest BCUT2D eigenvalue weighted by Crippen LogP contribution is 2.34. The molecule has 2 aromatic carbocycles. The Bertz CT molecular complexity index is 1150. The molecule has 0 radical (unpaired) electrons. The van der Waals surface area contributed by atoms with E-state index in [4.69, 9.17) is 14.2 Å². The molecule has 3 rings (SSSR count). The van der Waals surface area contributed by atoms with Crippen molar-refractivity contribution in [3.63, 3.8) is 0 Å². The minimum Gasteiger partial charge on any atom is -0.489 e. The van der Waals surface area contributed by atoms with Gasteiger partial charge in [0.2, 0.25) is 5.91 Å². The van der Waals surface area contributed by atoms with Gasteiger partial charge in [-0.25, -0.2) is 18.4 Å². The Hall–Kier alpha value is -3.69. The van der Waals surface area contributed by atoms with Crippen LogP contribution in [0.1, 0.15) is 50.4 Å². The second-order valence-electron chi connectivity index (χ2n) is 9.07. The lowest BCUT2D eigenvalue weighted by molar-refractivity contribution is -0.147. The van der Waals surface area contributed by atoms with Gasteiger partial charge in [-0.15, -0.1) is 0 Å². The third-order valence-corrected chi connectivity index (χ3v) is 5.28. The zero-order valence-corrected chi connectivity index (χ0v) is 20.2. The number of hydrogen-bond donors (Lipinski definition) is 1. The molecular formula is C25H28F2N2O6. The van der Waals surface area contributed by atoms with Crippen molar-refractivity contribution in [3.8, 4) is 5.75 Å². The molecule has 35 heavy (non-hydrogen) atoms. The maximum atomic E-state index is 14.6. The van der Waals surface area contributed by atoms with Gasteiger partial charge < -0.3 is 19.5 Å². The Morgan fingerprint density at radius 2 is 1.86 bits per heavy atom. The van der Waals surface area contributed by atoms with Crippen LogP contribution in [0, 0.1) is 11.6 Å². The number of halogens is 2. The fraction of sp³-hybridized carbons (Fsp3) is 0.400. The largest absolute Gasteiger partial charge is 0.489 e. The van der Waals surface area contributed by atoms with E-state index in [0.717, 1.165) is 17.7 Å². The predicted octanol–water partition coefficient (Wildman–Crippen LogP) is 4.51. The number of hydrogen-bond acceptors (Lipinski definition) is 6. The van der Waals surface area contributed by atoms with Crippen molar-refractivity contribution in [2.75, 3.05) is 19.0 Å². The van der Waals surface area contributed by atoms with Gasteiger partial charge in [0, 0.05) is 13.5 Å². The maximum Gasteiger partial charge on any atom is 0.411 e. The van der Waals surface area contributed by atoms with Crippen molar-refractivity contribution in [2.24, 2.45) is 0 Å². The summed E-state index contributed by atoms with van der Waals surface area (Å²) in [5.74, 6) is -2.52. The van der Waals surface area contributed by atoms with Gasteiger partial charge in [-0.3, -0.25) is 9.69 Å². The van der Waals surface area contributed by atoms with E-state index in [1.54, 1.807) is 39.0 Å². The molecule has 1 N–H and O–H groups in total. The smallest absolute Gasteiger partial charge is 0.411 e. The molecule has 2 amide bonds. The molecule has 0 aliphatic carbocycles.